The first-order chi connectivity index (χ1) is 10.2. The molecular weight excluding hydrogens is 264 g/mol. The molecule has 1 aromatic rings. The molecule has 1 aliphatic heterocycles. The lowest BCUT2D eigenvalue weighted by molar-refractivity contribution is -0.00214. The quantitative estimate of drug-likeness (QED) is 0.839. The van der Waals surface area contributed by atoms with E-state index in [1.807, 2.05) is 19.1 Å². The van der Waals surface area contributed by atoms with Crippen LogP contribution < -0.4 is 10.5 Å². The van der Waals surface area contributed by atoms with Gasteiger partial charge in [-0.15, -0.1) is 0 Å². The fraction of sp³-hybridized carbons (Fsp3) is 0.647. The van der Waals surface area contributed by atoms with Crippen molar-refractivity contribution < 1.29 is 9.47 Å². The molecule has 0 spiro atoms. The summed E-state index contributed by atoms with van der Waals surface area (Å²) in [5.41, 5.74) is 7.45. The maximum absolute atomic E-state index is 6.30. The molecule has 4 nitrogen and oxygen atoms in total. The summed E-state index contributed by atoms with van der Waals surface area (Å²) in [6.45, 7) is 5.39. The van der Waals surface area contributed by atoms with Crippen molar-refractivity contribution in [3.63, 3.8) is 0 Å². The lowest BCUT2D eigenvalue weighted by Gasteiger charge is -2.29. The summed E-state index contributed by atoms with van der Waals surface area (Å²) < 4.78 is 11.2. The maximum Gasteiger partial charge on any atom is 0.119 e. The molecule has 0 radical (unpaired) electrons. The molecular formula is C17H28N2O2. The minimum absolute atomic E-state index is 0.0225. The normalized spacial score (nSPS) is 20.5. The summed E-state index contributed by atoms with van der Waals surface area (Å²) in [5, 5.41) is 0. The standard InChI is InChI=1S/C17H28N2O2/c1-3-20-15-9-7-14(8-10-15)17(18)13-19(2)12-16-6-4-5-11-21-16/h7-10,16-17H,3-6,11-13,18H2,1-2H3. The molecule has 0 bridgehead atoms. The maximum atomic E-state index is 6.30. The van der Waals surface area contributed by atoms with Crippen molar-refractivity contribution in [1.82, 2.24) is 4.90 Å². The van der Waals surface area contributed by atoms with Crippen LogP contribution in [0, 0.1) is 0 Å². The summed E-state index contributed by atoms with van der Waals surface area (Å²) in [6.07, 6.45) is 4.02. The molecule has 2 atom stereocenters. The molecule has 0 aliphatic carbocycles. The predicted molar refractivity (Wildman–Crippen MR) is 85.6 cm³/mol. The van der Waals surface area contributed by atoms with Crippen LogP contribution in [-0.4, -0.2) is 44.4 Å². The second-order valence-corrected chi connectivity index (χ2v) is 5.82. The first-order valence-electron chi connectivity index (χ1n) is 7.97. The van der Waals surface area contributed by atoms with Crippen LogP contribution in [0.25, 0.3) is 0 Å². The third-order valence-electron chi connectivity index (χ3n) is 3.92. The Morgan fingerprint density at radius 1 is 1.33 bits per heavy atom. The first kappa shape index (κ1) is 16.3. The molecule has 2 unspecified atom stereocenters. The smallest absolute Gasteiger partial charge is 0.119 e. The molecule has 2 N–H and O–H groups in total. The highest BCUT2D eigenvalue weighted by Crippen LogP contribution is 2.18. The van der Waals surface area contributed by atoms with Gasteiger partial charge in [0.15, 0.2) is 0 Å². The monoisotopic (exact) mass is 292 g/mol. The van der Waals surface area contributed by atoms with Gasteiger partial charge in [0.2, 0.25) is 0 Å². The molecule has 4 heteroatoms. The van der Waals surface area contributed by atoms with Gasteiger partial charge in [-0.2, -0.15) is 0 Å². The van der Waals surface area contributed by atoms with Crippen molar-refractivity contribution >= 4 is 0 Å². The molecule has 1 heterocycles. The van der Waals surface area contributed by atoms with Gasteiger partial charge in [-0.3, -0.25) is 0 Å². The van der Waals surface area contributed by atoms with Crippen LogP contribution in [0.5, 0.6) is 5.75 Å². The van der Waals surface area contributed by atoms with Gasteiger partial charge in [-0.25, -0.2) is 0 Å². The van der Waals surface area contributed by atoms with E-state index in [2.05, 4.69) is 24.1 Å². The molecule has 0 aromatic heterocycles. The minimum Gasteiger partial charge on any atom is -0.494 e. The van der Waals surface area contributed by atoms with Gasteiger partial charge in [-0.05, 0) is 50.9 Å². The number of nitrogens with two attached hydrogens (primary N) is 1. The number of nitrogens with zero attached hydrogens (tertiary/aromatic N) is 1. The fourth-order valence-electron chi connectivity index (χ4n) is 2.79. The zero-order valence-corrected chi connectivity index (χ0v) is 13.3. The van der Waals surface area contributed by atoms with Crippen LogP contribution >= 0.6 is 0 Å². The van der Waals surface area contributed by atoms with E-state index in [0.717, 1.165) is 31.0 Å². The summed E-state index contributed by atoms with van der Waals surface area (Å²) >= 11 is 0. The molecule has 21 heavy (non-hydrogen) atoms. The van der Waals surface area contributed by atoms with Gasteiger partial charge in [0.05, 0.1) is 12.7 Å². The van der Waals surface area contributed by atoms with Crippen LogP contribution in [0.2, 0.25) is 0 Å². The highest BCUT2D eigenvalue weighted by molar-refractivity contribution is 5.29. The SMILES string of the molecule is CCOc1ccc(C(N)CN(C)CC2CCCCO2)cc1. The van der Waals surface area contributed by atoms with E-state index >= 15 is 0 Å². The number of rotatable bonds is 7. The summed E-state index contributed by atoms with van der Waals surface area (Å²) in [4.78, 5) is 2.27. The fourth-order valence-corrected chi connectivity index (χ4v) is 2.79. The Balaban J connectivity index is 1.80. The Morgan fingerprint density at radius 3 is 2.71 bits per heavy atom. The average molecular weight is 292 g/mol. The predicted octanol–water partition coefficient (Wildman–Crippen LogP) is 2.59. The van der Waals surface area contributed by atoms with E-state index in [1.165, 1.54) is 19.3 Å². The highest BCUT2D eigenvalue weighted by atomic mass is 16.5. The third kappa shape index (κ3) is 5.30. The second kappa shape index (κ2) is 8.37. The van der Waals surface area contributed by atoms with Gasteiger partial charge >= 0.3 is 0 Å². The van der Waals surface area contributed by atoms with Gasteiger partial charge in [0.1, 0.15) is 5.75 Å². The number of benzene rings is 1. The van der Waals surface area contributed by atoms with E-state index in [4.69, 9.17) is 15.2 Å². The van der Waals surface area contributed by atoms with E-state index < -0.39 is 0 Å². The average Bonchev–Trinajstić information content (AvgIpc) is 2.49. The lowest BCUT2D eigenvalue weighted by atomic mass is 10.1. The molecule has 2 rings (SSSR count). The van der Waals surface area contributed by atoms with Gasteiger partial charge in [-0.1, -0.05) is 12.1 Å². The van der Waals surface area contributed by atoms with E-state index in [1.54, 1.807) is 0 Å². The van der Waals surface area contributed by atoms with Crippen molar-refractivity contribution in [2.24, 2.45) is 5.73 Å². The zero-order chi connectivity index (χ0) is 15.1. The Bertz CT molecular complexity index is 402. The molecule has 118 valence electrons. The topological polar surface area (TPSA) is 47.7 Å². The Hall–Kier alpha value is -1.10. The van der Waals surface area contributed by atoms with Crippen molar-refractivity contribution in [1.29, 1.82) is 0 Å². The van der Waals surface area contributed by atoms with Crippen LogP contribution in [0.1, 0.15) is 37.8 Å². The Kier molecular flexibility index (Phi) is 6.49. The van der Waals surface area contributed by atoms with Crippen LogP contribution in [-0.2, 0) is 4.74 Å². The molecule has 1 fully saturated rings. The third-order valence-corrected chi connectivity index (χ3v) is 3.92. The van der Waals surface area contributed by atoms with Crippen LogP contribution in [0.15, 0.2) is 24.3 Å². The summed E-state index contributed by atoms with van der Waals surface area (Å²) in [6, 6.07) is 8.11. The van der Waals surface area contributed by atoms with Crippen LogP contribution in [0.3, 0.4) is 0 Å². The largest absolute Gasteiger partial charge is 0.494 e. The lowest BCUT2D eigenvalue weighted by Crippen LogP contribution is -2.37. The molecule has 0 saturated carbocycles. The molecule has 1 saturated heterocycles. The highest BCUT2D eigenvalue weighted by Gasteiger charge is 2.17. The van der Waals surface area contributed by atoms with Crippen LogP contribution in [0.4, 0.5) is 0 Å². The summed E-state index contributed by atoms with van der Waals surface area (Å²) in [7, 11) is 2.12. The van der Waals surface area contributed by atoms with E-state index in [9.17, 15) is 0 Å². The van der Waals surface area contributed by atoms with Crippen molar-refractivity contribution in [2.45, 2.75) is 38.3 Å². The van der Waals surface area contributed by atoms with Crippen molar-refractivity contribution in [2.75, 3.05) is 33.4 Å². The van der Waals surface area contributed by atoms with Crippen molar-refractivity contribution in [3.05, 3.63) is 29.8 Å². The number of likely N-dealkylation sites (N-methyl/N-ethyl adjacent to an activating group) is 1. The molecule has 0 amide bonds. The van der Waals surface area contributed by atoms with Gasteiger partial charge in [0, 0.05) is 25.7 Å². The Labute approximate surface area is 128 Å². The van der Waals surface area contributed by atoms with Gasteiger partial charge < -0.3 is 20.1 Å². The molecule has 1 aliphatic rings. The summed E-state index contributed by atoms with van der Waals surface area (Å²) in [5.74, 6) is 0.900. The van der Waals surface area contributed by atoms with E-state index in [0.29, 0.717) is 12.7 Å². The Morgan fingerprint density at radius 2 is 2.10 bits per heavy atom. The van der Waals surface area contributed by atoms with E-state index in [-0.39, 0.29) is 6.04 Å². The number of hydrogen-bond acceptors (Lipinski definition) is 4. The second-order valence-electron chi connectivity index (χ2n) is 5.82. The minimum atomic E-state index is 0.0225. The first-order valence-corrected chi connectivity index (χ1v) is 7.97. The zero-order valence-electron chi connectivity index (χ0n) is 13.3. The van der Waals surface area contributed by atoms with Crippen molar-refractivity contribution in [3.8, 4) is 5.75 Å². The molecule has 1 aromatic carbocycles. The number of hydrogen-bond donors (Lipinski definition) is 1. The van der Waals surface area contributed by atoms with Gasteiger partial charge in [0.25, 0.3) is 0 Å². The number of ether oxygens (including phenoxy) is 2.